The van der Waals surface area contributed by atoms with Crippen LogP contribution in [0.25, 0.3) is 0 Å². The summed E-state index contributed by atoms with van der Waals surface area (Å²) < 4.78 is 0. The van der Waals surface area contributed by atoms with Crippen LogP contribution in [0.1, 0.15) is 21.8 Å². The van der Waals surface area contributed by atoms with Gasteiger partial charge < -0.3 is 10.0 Å². The van der Waals surface area contributed by atoms with Crippen molar-refractivity contribution in [2.24, 2.45) is 5.92 Å². The van der Waals surface area contributed by atoms with Gasteiger partial charge in [-0.25, -0.2) is 0 Å². The third-order valence-electron chi connectivity index (χ3n) is 4.17. The Labute approximate surface area is 134 Å². The lowest BCUT2D eigenvalue weighted by Gasteiger charge is -2.17. The maximum absolute atomic E-state index is 12.6. The molecule has 0 unspecified atom stereocenters. The molecule has 2 aromatic rings. The number of rotatable bonds is 3. The average molecular weight is 317 g/mol. The van der Waals surface area contributed by atoms with Crippen molar-refractivity contribution in [2.75, 3.05) is 19.7 Å². The first-order valence-electron chi connectivity index (χ1n) is 7.24. The fourth-order valence-electron chi connectivity index (χ4n) is 3.01. The van der Waals surface area contributed by atoms with Crippen LogP contribution in [0.2, 0.25) is 5.02 Å². The Morgan fingerprint density at radius 3 is 2.73 bits per heavy atom. The molecule has 0 aliphatic carbocycles. The first kappa shape index (κ1) is 15.0. The van der Waals surface area contributed by atoms with Gasteiger partial charge in [0.05, 0.1) is 0 Å². The SMILES string of the molecule is O=C(c1cccc(Cl)c1)N1C[C@@H](CO)[C@H](c2ccncc2)C1. The predicted molar refractivity (Wildman–Crippen MR) is 84.9 cm³/mol. The van der Waals surface area contributed by atoms with Gasteiger partial charge in [-0.05, 0) is 35.9 Å². The molecule has 2 atom stereocenters. The van der Waals surface area contributed by atoms with Gasteiger partial charge in [-0.2, -0.15) is 0 Å². The summed E-state index contributed by atoms with van der Waals surface area (Å²) in [6, 6.07) is 10.9. The summed E-state index contributed by atoms with van der Waals surface area (Å²) in [6.07, 6.45) is 3.48. The van der Waals surface area contributed by atoms with E-state index in [1.807, 2.05) is 12.1 Å². The van der Waals surface area contributed by atoms with E-state index in [-0.39, 0.29) is 24.3 Å². The molecule has 5 heteroatoms. The normalized spacial score (nSPS) is 21.1. The lowest BCUT2D eigenvalue weighted by molar-refractivity contribution is 0.0781. The summed E-state index contributed by atoms with van der Waals surface area (Å²) in [6.45, 7) is 1.21. The number of aliphatic hydroxyl groups is 1. The van der Waals surface area contributed by atoms with Gasteiger partial charge in [0.2, 0.25) is 0 Å². The van der Waals surface area contributed by atoms with E-state index in [1.54, 1.807) is 41.6 Å². The Balaban J connectivity index is 1.81. The van der Waals surface area contributed by atoms with Gasteiger partial charge in [-0.15, -0.1) is 0 Å². The van der Waals surface area contributed by atoms with Crippen molar-refractivity contribution in [3.05, 3.63) is 64.9 Å². The number of nitrogens with zero attached hydrogens (tertiary/aromatic N) is 2. The van der Waals surface area contributed by atoms with Crippen molar-refractivity contribution < 1.29 is 9.90 Å². The van der Waals surface area contributed by atoms with Crippen LogP contribution in [0.3, 0.4) is 0 Å². The molecule has 0 spiro atoms. The second-order valence-corrected chi connectivity index (χ2v) is 5.99. The minimum Gasteiger partial charge on any atom is -0.396 e. The van der Waals surface area contributed by atoms with Crippen molar-refractivity contribution in [1.29, 1.82) is 0 Å². The van der Waals surface area contributed by atoms with Gasteiger partial charge in [0.25, 0.3) is 5.91 Å². The molecule has 114 valence electrons. The highest BCUT2D eigenvalue weighted by atomic mass is 35.5. The van der Waals surface area contributed by atoms with Crippen LogP contribution in [0.4, 0.5) is 0 Å². The molecule has 4 nitrogen and oxygen atoms in total. The van der Waals surface area contributed by atoms with E-state index in [4.69, 9.17) is 11.6 Å². The van der Waals surface area contributed by atoms with Crippen LogP contribution < -0.4 is 0 Å². The third kappa shape index (κ3) is 2.98. The van der Waals surface area contributed by atoms with Gasteiger partial charge in [0.15, 0.2) is 0 Å². The second-order valence-electron chi connectivity index (χ2n) is 5.55. The molecule has 22 heavy (non-hydrogen) atoms. The minimum absolute atomic E-state index is 0.0440. The topological polar surface area (TPSA) is 53.4 Å². The zero-order valence-electron chi connectivity index (χ0n) is 12.0. The average Bonchev–Trinajstić information content (AvgIpc) is 2.99. The van der Waals surface area contributed by atoms with E-state index < -0.39 is 0 Å². The number of likely N-dealkylation sites (tertiary alicyclic amines) is 1. The molecule has 3 rings (SSSR count). The number of amides is 1. The lowest BCUT2D eigenvalue weighted by atomic mass is 9.90. The number of hydrogen-bond donors (Lipinski definition) is 1. The number of benzene rings is 1. The monoisotopic (exact) mass is 316 g/mol. The van der Waals surface area contributed by atoms with Crippen molar-refractivity contribution in [2.45, 2.75) is 5.92 Å². The van der Waals surface area contributed by atoms with Crippen LogP contribution in [-0.4, -0.2) is 40.6 Å². The van der Waals surface area contributed by atoms with Crippen molar-refractivity contribution >= 4 is 17.5 Å². The first-order chi connectivity index (χ1) is 10.7. The Hall–Kier alpha value is -1.91. The fourth-order valence-corrected chi connectivity index (χ4v) is 3.20. The zero-order valence-corrected chi connectivity index (χ0v) is 12.8. The van der Waals surface area contributed by atoms with Crippen molar-refractivity contribution in [3.8, 4) is 0 Å². The van der Waals surface area contributed by atoms with E-state index in [9.17, 15) is 9.90 Å². The molecular weight excluding hydrogens is 300 g/mol. The van der Waals surface area contributed by atoms with Crippen LogP contribution in [-0.2, 0) is 0 Å². The second kappa shape index (κ2) is 6.46. The summed E-state index contributed by atoms with van der Waals surface area (Å²) in [5.74, 6) is 0.138. The Bertz CT molecular complexity index is 663. The molecule has 1 aliphatic heterocycles. The highest BCUT2D eigenvalue weighted by molar-refractivity contribution is 6.30. The number of aromatic nitrogens is 1. The van der Waals surface area contributed by atoms with E-state index in [0.29, 0.717) is 23.7 Å². The summed E-state index contributed by atoms with van der Waals surface area (Å²) in [5.41, 5.74) is 1.69. The Morgan fingerprint density at radius 1 is 1.27 bits per heavy atom. The smallest absolute Gasteiger partial charge is 0.253 e. The summed E-state index contributed by atoms with van der Waals surface area (Å²) >= 11 is 5.96. The van der Waals surface area contributed by atoms with Gasteiger partial charge in [-0.3, -0.25) is 9.78 Å². The van der Waals surface area contributed by atoms with Crippen molar-refractivity contribution in [3.63, 3.8) is 0 Å². The number of carbonyl (C=O) groups excluding carboxylic acids is 1. The summed E-state index contributed by atoms with van der Waals surface area (Å²) in [4.78, 5) is 18.4. The molecule has 1 aromatic heterocycles. The largest absolute Gasteiger partial charge is 0.396 e. The standard InChI is InChI=1S/C17H17ClN2O2/c18-15-3-1-2-13(8-15)17(22)20-9-14(11-21)16(10-20)12-4-6-19-7-5-12/h1-8,14,16,21H,9-11H2/t14-,16-/m0/s1. The van der Waals surface area contributed by atoms with Crippen LogP contribution in [0.15, 0.2) is 48.8 Å². The predicted octanol–water partition coefficient (Wildman–Crippen LogP) is 2.58. The molecule has 1 amide bonds. The summed E-state index contributed by atoms with van der Waals surface area (Å²) in [7, 11) is 0. The highest BCUT2D eigenvalue weighted by Crippen LogP contribution is 2.33. The number of pyridine rings is 1. The molecule has 1 N–H and O–H groups in total. The molecule has 0 radical (unpaired) electrons. The lowest BCUT2D eigenvalue weighted by Crippen LogP contribution is -2.29. The maximum atomic E-state index is 12.6. The maximum Gasteiger partial charge on any atom is 0.253 e. The van der Waals surface area contributed by atoms with E-state index in [1.165, 1.54) is 0 Å². The number of halogens is 1. The molecule has 1 fully saturated rings. The van der Waals surface area contributed by atoms with Crippen LogP contribution >= 0.6 is 11.6 Å². The molecule has 0 saturated carbocycles. The third-order valence-corrected chi connectivity index (χ3v) is 4.40. The van der Waals surface area contributed by atoms with Gasteiger partial charge in [0.1, 0.15) is 0 Å². The summed E-state index contributed by atoms with van der Waals surface area (Å²) in [5, 5.41) is 10.2. The quantitative estimate of drug-likeness (QED) is 0.947. The van der Waals surface area contributed by atoms with Gasteiger partial charge in [0, 0.05) is 54.5 Å². The van der Waals surface area contributed by atoms with E-state index in [0.717, 1.165) is 5.56 Å². The Morgan fingerprint density at radius 2 is 2.05 bits per heavy atom. The minimum atomic E-state index is -0.0440. The highest BCUT2D eigenvalue weighted by Gasteiger charge is 2.36. The van der Waals surface area contributed by atoms with Crippen LogP contribution in [0, 0.1) is 5.92 Å². The number of carbonyl (C=O) groups is 1. The molecular formula is C17H17ClN2O2. The van der Waals surface area contributed by atoms with Gasteiger partial charge >= 0.3 is 0 Å². The molecule has 2 heterocycles. The number of aliphatic hydroxyl groups excluding tert-OH is 1. The zero-order chi connectivity index (χ0) is 15.5. The molecule has 1 aromatic carbocycles. The first-order valence-corrected chi connectivity index (χ1v) is 7.62. The number of hydrogen-bond acceptors (Lipinski definition) is 3. The molecule has 1 saturated heterocycles. The molecule has 1 aliphatic rings. The van der Waals surface area contributed by atoms with E-state index >= 15 is 0 Å². The fraction of sp³-hybridized carbons (Fsp3) is 0.294. The van der Waals surface area contributed by atoms with E-state index in [2.05, 4.69) is 4.98 Å². The Kier molecular flexibility index (Phi) is 4.41. The van der Waals surface area contributed by atoms with Crippen LogP contribution in [0.5, 0.6) is 0 Å². The van der Waals surface area contributed by atoms with Crippen molar-refractivity contribution in [1.82, 2.24) is 9.88 Å². The molecule has 0 bridgehead atoms. The van der Waals surface area contributed by atoms with Gasteiger partial charge in [-0.1, -0.05) is 17.7 Å².